The zero-order valence-electron chi connectivity index (χ0n) is 6.91. The molecule has 0 amide bonds. The van der Waals surface area contributed by atoms with Crippen LogP contribution in [-0.2, 0) is 14.3 Å². The standard InChI is InChI=1S/C8H10O3.H3N/c9-7-5-3-1-2-4-6(5)8(10)11-7;/h5-6H,1-4H2;1H3. The molecule has 0 aromatic rings. The van der Waals surface area contributed by atoms with E-state index in [1.165, 1.54) is 0 Å². The van der Waals surface area contributed by atoms with Gasteiger partial charge in [-0.15, -0.1) is 0 Å². The predicted molar refractivity (Wildman–Crippen MR) is 41.6 cm³/mol. The summed E-state index contributed by atoms with van der Waals surface area (Å²) in [4.78, 5) is 22.0. The molecule has 2 atom stereocenters. The Kier molecular flexibility index (Phi) is 2.47. The molecule has 1 heterocycles. The van der Waals surface area contributed by atoms with Gasteiger partial charge in [-0.2, -0.15) is 0 Å². The van der Waals surface area contributed by atoms with Crippen molar-refractivity contribution >= 4 is 11.9 Å². The summed E-state index contributed by atoms with van der Waals surface area (Å²) >= 11 is 0. The maximum atomic E-state index is 11.0. The summed E-state index contributed by atoms with van der Waals surface area (Å²) in [6, 6.07) is 0. The van der Waals surface area contributed by atoms with Crippen LogP contribution in [0.1, 0.15) is 25.7 Å². The third-order valence-corrected chi connectivity index (χ3v) is 2.57. The number of cyclic esters (lactones) is 2. The molecule has 1 saturated heterocycles. The van der Waals surface area contributed by atoms with Gasteiger partial charge >= 0.3 is 11.9 Å². The Hall–Kier alpha value is -0.900. The fraction of sp³-hybridized carbons (Fsp3) is 0.750. The largest absolute Gasteiger partial charge is 0.393 e. The fourth-order valence-electron chi connectivity index (χ4n) is 1.95. The van der Waals surface area contributed by atoms with E-state index in [9.17, 15) is 9.59 Å². The number of carbonyl (C=O) groups excluding carboxylic acids is 2. The lowest BCUT2D eigenvalue weighted by Crippen LogP contribution is -2.21. The molecule has 0 spiro atoms. The van der Waals surface area contributed by atoms with Gasteiger partial charge in [-0.25, -0.2) is 0 Å². The van der Waals surface area contributed by atoms with Crippen LogP contribution in [0.4, 0.5) is 0 Å². The van der Waals surface area contributed by atoms with Gasteiger partial charge in [-0.3, -0.25) is 9.59 Å². The summed E-state index contributed by atoms with van der Waals surface area (Å²) in [5.41, 5.74) is 0. The quantitative estimate of drug-likeness (QED) is 0.436. The minimum Gasteiger partial charge on any atom is -0.393 e. The summed E-state index contributed by atoms with van der Waals surface area (Å²) < 4.78 is 4.53. The molecule has 4 nitrogen and oxygen atoms in total. The van der Waals surface area contributed by atoms with E-state index in [1.54, 1.807) is 0 Å². The highest BCUT2D eigenvalue weighted by Gasteiger charge is 2.44. The van der Waals surface area contributed by atoms with Gasteiger partial charge in [0.05, 0.1) is 11.8 Å². The second-order valence-corrected chi connectivity index (χ2v) is 3.24. The zero-order valence-corrected chi connectivity index (χ0v) is 6.91. The molecular weight excluding hydrogens is 158 g/mol. The Morgan fingerprint density at radius 3 is 1.83 bits per heavy atom. The molecule has 0 aromatic carbocycles. The van der Waals surface area contributed by atoms with Crippen molar-refractivity contribution in [1.82, 2.24) is 6.15 Å². The molecule has 2 aliphatic rings. The first-order chi connectivity index (χ1) is 5.29. The van der Waals surface area contributed by atoms with E-state index in [-0.39, 0.29) is 29.9 Å². The molecule has 1 aliphatic heterocycles. The van der Waals surface area contributed by atoms with Gasteiger partial charge < -0.3 is 10.9 Å². The number of hydrogen-bond donors (Lipinski definition) is 1. The van der Waals surface area contributed by atoms with Crippen LogP contribution in [0, 0.1) is 11.8 Å². The number of ether oxygens (including phenoxy) is 1. The van der Waals surface area contributed by atoms with Crippen molar-refractivity contribution in [2.24, 2.45) is 11.8 Å². The molecule has 2 fully saturated rings. The Morgan fingerprint density at radius 1 is 1.00 bits per heavy atom. The lowest BCUT2D eigenvalue weighted by molar-refractivity contribution is -0.153. The van der Waals surface area contributed by atoms with Crippen LogP contribution < -0.4 is 6.15 Å². The first kappa shape index (κ1) is 9.19. The average Bonchev–Trinajstić information content (AvgIpc) is 2.30. The molecule has 2 rings (SSSR count). The van der Waals surface area contributed by atoms with Crippen molar-refractivity contribution < 1.29 is 14.3 Å². The number of rotatable bonds is 0. The van der Waals surface area contributed by atoms with Gasteiger partial charge in [-0.1, -0.05) is 12.8 Å². The highest BCUT2D eigenvalue weighted by molar-refractivity contribution is 5.96. The summed E-state index contributed by atoms with van der Waals surface area (Å²) in [7, 11) is 0. The van der Waals surface area contributed by atoms with E-state index < -0.39 is 0 Å². The molecule has 0 radical (unpaired) electrons. The molecule has 68 valence electrons. The molecule has 0 aromatic heterocycles. The summed E-state index contributed by atoms with van der Waals surface area (Å²) in [5.74, 6) is -0.785. The topological polar surface area (TPSA) is 78.4 Å². The molecule has 1 saturated carbocycles. The van der Waals surface area contributed by atoms with Crippen LogP contribution in [0.25, 0.3) is 0 Å². The maximum absolute atomic E-state index is 11.0. The molecule has 0 bridgehead atoms. The SMILES string of the molecule is N.O=C1OC(=O)C2CCCCC12. The minimum absolute atomic E-state index is 0. The number of esters is 2. The number of fused-ring (bicyclic) bond motifs is 1. The Bertz CT molecular complexity index is 192. The fourth-order valence-corrected chi connectivity index (χ4v) is 1.95. The normalized spacial score (nSPS) is 33.7. The van der Waals surface area contributed by atoms with Crippen LogP contribution >= 0.6 is 0 Å². The molecular formula is C8H13NO3. The monoisotopic (exact) mass is 171 g/mol. The van der Waals surface area contributed by atoms with E-state index in [2.05, 4.69) is 4.74 Å². The van der Waals surface area contributed by atoms with Gasteiger partial charge in [0.1, 0.15) is 0 Å². The molecule has 1 aliphatic carbocycles. The lowest BCUT2D eigenvalue weighted by Gasteiger charge is -2.18. The smallest absolute Gasteiger partial charge is 0.317 e. The zero-order chi connectivity index (χ0) is 7.84. The van der Waals surface area contributed by atoms with E-state index in [4.69, 9.17) is 0 Å². The summed E-state index contributed by atoms with van der Waals surface area (Å²) in [5, 5.41) is 0. The third-order valence-electron chi connectivity index (χ3n) is 2.57. The van der Waals surface area contributed by atoms with E-state index in [0.29, 0.717) is 0 Å². The molecule has 2 unspecified atom stereocenters. The molecule has 4 heteroatoms. The van der Waals surface area contributed by atoms with Gasteiger partial charge in [0.2, 0.25) is 0 Å². The van der Waals surface area contributed by atoms with Gasteiger partial charge in [0, 0.05) is 0 Å². The lowest BCUT2D eigenvalue weighted by atomic mass is 9.81. The first-order valence-electron chi connectivity index (χ1n) is 4.04. The first-order valence-corrected chi connectivity index (χ1v) is 4.04. The van der Waals surface area contributed by atoms with Crippen LogP contribution in [0.5, 0.6) is 0 Å². The predicted octanol–water partition coefficient (Wildman–Crippen LogP) is 1.04. The summed E-state index contributed by atoms with van der Waals surface area (Å²) in [6.07, 6.45) is 3.80. The van der Waals surface area contributed by atoms with Gasteiger partial charge in [0.15, 0.2) is 0 Å². The van der Waals surface area contributed by atoms with Crippen LogP contribution in [-0.4, -0.2) is 11.9 Å². The third kappa shape index (κ3) is 1.22. The number of hydrogen-bond acceptors (Lipinski definition) is 4. The average molecular weight is 171 g/mol. The second-order valence-electron chi connectivity index (χ2n) is 3.24. The van der Waals surface area contributed by atoms with Crippen molar-refractivity contribution in [3.8, 4) is 0 Å². The number of carbonyl (C=O) groups is 2. The minimum atomic E-state index is -0.292. The van der Waals surface area contributed by atoms with Crippen molar-refractivity contribution in [1.29, 1.82) is 0 Å². The Balaban J connectivity index is 0.000000720. The van der Waals surface area contributed by atoms with Gasteiger partial charge in [0.25, 0.3) is 0 Å². The van der Waals surface area contributed by atoms with E-state index in [1.807, 2.05) is 0 Å². The van der Waals surface area contributed by atoms with Crippen molar-refractivity contribution in [3.63, 3.8) is 0 Å². The van der Waals surface area contributed by atoms with Crippen LogP contribution in [0.3, 0.4) is 0 Å². The highest BCUT2D eigenvalue weighted by atomic mass is 16.6. The molecule has 12 heavy (non-hydrogen) atoms. The Morgan fingerprint density at radius 2 is 1.42 bits per heavy atom. The summed E-state index contributed by atoms with van der Waals surface area (Å²) in [6.45, 7) is 0. The second kappa shape index (κ2) is 3.23. The highest BCUT2D eigenvalue weighted by Crippen LogP contribution is 2.36. The Labute approximate surface area is 70.9 Å². The van der Waals surface area contributed by atoms with E-state index in [0.717, 1.165) is 25.7 Å². The molecule has 3 N–H and O–H groups in total. The van der Waals surface area contributed by atoms with Crippen LogP contribution in [0.15, 0.2) is 0 Å². The van der Waals surface area contributed by atoms with Crippen molar-refractivity contribution in [2.45, 2.75) is 25.7 Å². The van der Waals surface area contributed by atoms with Gasteiger partial charge in [-0.05, 0) is 12.8 Å². The van der Waals surface area contributed by atoms with Crippen molar-refractivity contribution in [3.05, 3.63) is 0 Å². The maximum Gasteiger partial charge on any atom is 0.317 e. The van der Waals surface area contributed by atoms with E-state index >= 15 is 0 Å². The van der Waals surface area contributed by atoms with Crippen LogP contribution in [0.2, 0.25) is 0 Å². The van der Waals surface area contributed by atoms with Crippen molar-refractivity contribution in [2.75, 3.05) is 0 Å².